The highest BCUT2D eigenvalue weighted by Crippen LogP contribution is 2.27. The molecule has 0 saturated carbocycles. The van der Waals surface area contributed by atoms with Crippen molar-refractivity contribution in [2.45, 2.75) is 27.4 Å². The third-order valence-electron chi connectivity index (χ3n) is 4.36. The summed E-state index contributed by atoms with van der Waals surface area (Å²) in [6.07, 6.45) is -0.613. The summed E-state index contributed by atoms with van der Waals surface area (Å²) in [6.45, 7) is 5.43. The first-order chi connectivity index (χ1) is 14.4. The number of fused-ring (bicyclic) bond motifs is 1. The van der Waals surface area contributed by atoms with Crippen molar-refractivity contribution in [1.82, 2.24) is 4.98 Å². The smallest absolute Gasteiger partial charge is 0.416 e. The van der Waals surface area contributed by atoms with Crippen LogP contribution in [0.5, 0.6) is 5.75 Å². The quantitative estimate of drug-likeness (QED) is 0.393. The van der Waals surface area contributed by atoms with Gasteiger partial charge in [0.15, 0.2) is 6.73 Å². The average Bonchev–Trinajstić information content (AvgIpc) is 3.16. The van der Waals surface area contributed by atoms with Crippen molar-refractivity contribution < 1.29 is 23.8 Å². The van der Waals surface area contributed by atoms with Gasteiger partial charge in [-0.3, -0.25) is 4.79 Å². The normalized spacial score (nSPS) is 10.8. The molecule has 1 aromatic heterocycles. The van der Waals surface area contributed by atoms with Crippen LogP contribution in [0.1, 0.15) is 24.4 Å². The molecule has 2 aromatic carbocycles. The zero-order valence-electron chi connectivity index (χ0n) is 17.4. The molecule has 1 heterocycles. The van der Waals surface area contributed by atoms with Gasteiger partial charge in [0, 0.05) is 0 Å². The third-order valence-corrected chi connectivity index (χ3v) is 5.37. The van der Waals surface area contributed by atoms with E-state index in [4.69, 9.17) is 14.2 Å². The molecular weight excluding hydrogens is 404 g/mol. The Bertz CT molecular complexity index is 1010. The van der Waals surface area contributed by atoms with Crippen LogP contribution in [0.2, 0.25) is 0 Å². The van der Waals surface area contributed by atoms with Crippen LogP contribution < -0.4 is 9.64 Å². The Morgan fingerprint density at radius 2 is 1.93 bits per heavy atom. The second-order valence-electron chi connectivity index (χ2n) is 6.96. The fourth-order valence-corrected chi connectivity index (χ4v) is 3.65. The Hall–Kier alpha value is -3.13. The van der Waals surface area contributed by atoms with E-state index in [2.05, 4.69) is 4.98 Å². The largest absolute Gasteiger partial charge is 0.486 e. The number of benzene rings is 2. The van der Waals surface area contributed by atoms with Crippen molar-refractivity contribution in [3.63, 3.8) is 0 Å². The standard InChI is InChI=1S/C22H24N2O5S/c1-14(2)21(25)29-13-24(22(26)27-4)18-10-9-16(11-15(18)3)28-12-20-23-17-7-5-6-8-19(17)30-20/h5-11,14H,12-13H2,1-4H3. The molecule has 0 bridgehead atoms. The molecule has 1 amide bonds. The lowest BCUT2D eigenvalue weighted by molar-refractivity contribution is -0.147. The van der Waals surface area contributed by atoms with Gasteiger partial charge in [-0.1, -0.05) is 26.0 Å². The van der Waals surface area contributed by atoms with Crippen molar-refractivity contribution in [2.75, 3.05) is 18.7 Å². The summed E-state index contributed by atoms with van der Waals surface area (Å²) in [6, 6.07) is 13.3. The molecule has 0 spiro atoms. The van der Waals surface area contributed by atoms with Crippen LogP contribution in [0.25, 0.3) is 10.2 Å². The van der Waals surface area contributed by atoms with Gasteiger partial charge in [-0.15, -0.1) is 11.3 Å². The summed E-state index contributed by atoms with van der Waals surface area (Å²) >= 11 is 1.59. The van der Waals surface area contributed by atoms with E-state index in [-0.39, 0.29) is 12.6 Å². The number of amides is 1. The molecule has 0 unspecified atom stereocenters. The van der Waals surface area contributed by atoms with Crippen LogP contribution in [0.15, 0.2) is 42.5 Å². The third kappa shape index (κ3) is 5.07. The number of rotatable bonds is 7. The second kappa shape index (κ2) is 9.58. The van der Waals surface area contributed by atoms with E-state index < -0.39 is 12.1 Å². The monoisotopic (exact) mass is 428 g/mol. The van der Waals surface area contributed by atoms with Gasteiger partial charge in [-0.25, -0.2) is 14.7 Å². The Labute approximate surface area is 179 Å². The van der Waals surface area contributed by atoms with Crippen LogP contribution in [0.4, 0.5) is 10.5 Å². The number of methoxy groups -OCH3 is 1. The van der Waals surface area contributed by atoms with E-state index in [0.717, 1.165) is 20.8 Å². The van der Waals surface area contributed by atoms with Gasteiger partial charge < -0.3 is 14.2 Å². The SMILES string of the molecule is COC(=O)N(COC(=O)C(C)C)c1ccc(OCc2nc3ccccc3s2)cc1C. The van der Waals surface area contributed by atoms with Crippen LogP contribution >= 0.6 is 11.3 Å². The molecule has 0 radical (unpaired) electrons. The molecule has 8 heteroatoms. The predicted molar refractivity (Wildman–Crippen MR) is 116 cm³/mol. The molecule has 0 aliphatic rings. The number of hydrogen-bond acceptors (Lipinski definition) is 7. The molecule has 0 N–H and O–H groups in total. The fraction of sp³-hybridized carbons (Fsp3) is 0.318. The molecule has 0 atom stereocenters. The van der Waals surface area contributed by atoms with E-state index in [0.29, 0.717) is 18.0 Å². The first-order valence-electron chi connectivity index (χ1n) is 9.49. The second-order valence-corrected chi connectivity index (χ2v) is 8.07. The lowest BCUT2D eigenvalue weighted by Gasteiger charge is -2.23. The molecule has 30 heavy (non-hydrogen) atoms. The predicted octanol–water partition coefficient (Wildman–Crippen LogP) is 4.91. The zero-order chi connectivity index (χ0) is 21.7. The molecule has 0 saturated heterocycles. The molecule has 158 valence electrons. The van der Waals surface area contributed by atoms with Crippen molar-refractivity contribution in [1.29, 1.82) is 0 Å². The van der Waals surface area contributed by atoms with Gasteiger partial charge in [-0.05, 0) is 42.8 Å². The summed E-state index contributed by atoms with van der Waals surface area (Å²) in [5, 5.41) is 0.884. The number of thiazole rings is 1. The summed E-state index contributed by atoms with van der Waals surface area (Å²) in [7, 11) is 1.28. The number of ether oxygens (including phenoxy) is 3. The van der Waals surface area contributed by atoms with E-state index in [9.17, 15) is 9.59 Å². The van der Waals surface area contributed by atoms with Gasteiger partial charge in [0.1, 0.15) is 17.4 Å². The van der Waals surface area contributed by atoms with Crippen LogP contribution in [0, 0.1) is 12.8 Å². The number of anilines is 1. The molecule has 0 aliphatic carbocycles. The maximum atomic E-state index is 12.2. The van der Waals surface area contributed by atoms with Gasteiger partial charge in [0.2, 0.25) is 0 Å². The number of aryl methyl sites for hydroxylation is 1. The van der Waals surface area contributed by atoms with E-state index in [1.165, 1.54) is 12.0 Å². The highest BCUT2D eigenvalue weighted by atomic mass is 32.1. The summed E-state index contributed by atoms with van der Waals surface area (Å²) in [5.74, 6) is -0.0271. The number of nitrogens with zero attached hydrogens (tertiary/aromatic N) is 2. The van der Waals surface area contributed by atoms with Gasteiger partial charge in [0.25, 0.3) is 0 Å². The Morgan fingerprint density at radius 1 is 1.17 bits per heavy atom. The van der Waals surface area contributed by atoms with Crippen LogP contribution in [-0.2, 0) is 20.9 Å². The first kappa shape index (κ1) is 21.6. The van der Waals surface area contributed by atoms with Gasteiger partial charge in [-0.2, -0.15) is 0 Å². The molecule has 3 rings (SSSR count). The molecule has 7 nitrogen and oxygen atoms in total. The highest BCUT2D eigenvalue weighted by Gasteiger charge is 2.21. The molecule has 0 aliphatic heterocycles. The van der Waals surface area contributed by atoms with Gasteiger partial charge >= 0.3 is 12.1 Å². The van der Waals surface area contributed by atoms with Crippen molar-refractivity contribution in [3.8, 4) is 5.75 Å². The maximum absolute atomic E-state index is 12.2. The number of aromatic nitrogens is 1. The lowest BCUT2D eigenvalue weighted by Crippen LogP contribution is -2.35. The average molecular weight is 429 g/mol. The number of carbonyl (C=O) groups excluding carboxylic acids is 2. The number of para-hydroxylation sites is 1. The van der Waals surface area contributed by atoms with Crippen LogP contribution in [0.3, 0.4) is 0 Å². The number of carbonyl (C=O) groups is 2. The van der Waals surface area contributed by atoms with Gasteiger partial charge in [0.05, 0.1) is 28.9 Å². The van der Waals surface area contributed by atoms with Crippen molar-refractivity contribution >= 4 is 39.3 Å². The Morgan fingerprint density at radius 3 is 2.60 bits per heavy atom. The molecular formula is C22H24N2O5S. The van der Waals surface area contributed by atoms with E-state index >= 15 is 0 Å². The minimum Gasteiger partial charge on any atom is -0.486 e. The highest BCUT2D eigenvalue weighted by molar-refractivity contribution is 7.18. The minimum absolute atomic E-state index is 0.226. The topological polar surface area (TPSA) is 78.0 Å². The first-order valence-corrected chi connectivity index (χ1v) is 10.3. The maximum Gasteiger partial charge on any atom is 0.416 e. The Kier molecular flexibility index (Phi) is 6.89. The summed E-state index contributed by atoms with van der Waals surface area (Å²) in [4.78, 5) is 29.8. The summed E-state index contributed by atoms with van der Waals surface area (Å²) < 4.78 is 17.0. The summed E-state index contributed by atoms with van der Waals surface area (Å²) in [5.41, 5.74) is 2.31. The van der Waals surface area contributed by atoms with Crippen molar-refractivity contribution in [3.05, 3.63) is 53.0 Å². The fourth-order valence-electron chi connectivity index (χ4n) is 2.77. The zero-order valence-corrected chi connectivity index (χ0v) is 18.2. The minimum atomic E-state index is -0.613. The number of hydrogen-bond donors (Lipinski definition) is 0. The molecule has 3 aromatic rings. The van der Waals surface area contributed by atoms with Crippen LogP contribution in [-0.4, -0.2) is 30.9 Å². The Balaban J connectivity index is 1.71. The van der Waals surface area contributed by atoms with E-state index in [1.54, 1.807) is 37.3 Å². The lowest BCUT2D eigenvalue weighted by atomic mass is 10.2. The van der Waals surface area contributed by atoms with E-state index in [1.807, 2.05) is 37.3 Å². The molecule has 0 fully saturated rings. The van der Waals surface area contributed by atoms with Crippen molar-refractivity contribution in [2.24, 2.45) is 5.92 Å². The number of esters is 1.